The van der Waals surface area contributed by atoms with E-state index in [-0.39, 0.29) is 5.75 Å². The molecule has 0 bridgehead atoms. The number of ether oxygens (including phenoxy) is 1. The van der Waals surface area contributed by atoms with Gasteiger partial charge < -0.3 is 14.8 Å². The Morgan fingerprint density at radius 3 is 2.60 bits per heavy atom. The van der Waals surface area contributed by atoms with Crippen molar-refractivity contribution in [2.45, 2.75) is 12.8 Å². The second kappa shape index (κ2) is 10.1. The smallest absolute Gasteiger partial charge is 0.138 e. The average molecular weight is 535 g/mol. The molecular weight excluding hydrogens is 507 g/mol. The molecule has 4 aromatic heterocycles. The number of fused-ring (bicyclic) bond motifs is 2. The maximum absolute atomic E-state index is 14.0. The quantitative estimate of drug-likeness (QED) is 0.227. The first kappa shape index (κ1) is 24.3. The minimum absolute atomic E-state index is 0.135. The van der Waals surface area contributed by atoms with Crippen LogP contribution in [-0.4, -0.2) is 61.4 Å². The fourth-order valence-corrected chi connectivity index (χ4v) is 5.49. The first-order valence-electron chi connectivity index (χ1n) is 13.4. The molecule has 9 heteroatoms. The summed E-state index contributed by atoms with van der Waals surface area (Å²) < 4.78 is 20.0. The molecule has 0 radical (unpaired) electrons. The molecule has 0 atom stereocenters. The van der Waals surface area contributed by atoms with E-state index in [2.05, 4.69) is 36.1 Å². The third-order valence-electron chi connectivity index (χ3n) is 7.48. The van der Waals surface area contributed by atoms with E-state index in [4.69, 9.17) is 4.74 Å². The summed E-state index contributed by atoms with van der Waals surface area (Å²) in [5.74, 6) is 0.108. The van der Waals surface area contributed by atoms with Crippen LogP contribution in [0.5, 0.6) is 11.5 Å². The number of H-pyrrole nitrogens is 2. The number of nitrogens with one attached hydrogen (secondary N) is 2. The van der Waals surface area contributed by atoms with E-state index in [1.807, 2.05) is 30.5 Å². The minimum atomic E-state index is -0.510. The molecule has 0 unspecified atom stereocenters. The van der Waals surface area contributed by atoms with Crippen LogP contribution in [0.15, 0.2) is 73.3 Å². The molecule has 0 spiro atoms. The zero-order valence-corrected chi connectivity index (χ0v) is 21.7. The fourth-order valence-electron chi connectivity index (χ4n) is 5.49. The lowest BCUT2D eigenvalue weighted by molar-refractivity contribution is 0.237. The Kier molecular flexibility index (Phi) is 6.13. The van der Waals surface area contributed by atoms with E-state index in [0.717, 1.165) is 75.8 Å². The van der Waals surface area contributed by atoms with Gasteiger partial charge in [-0.05, 0) is 73.5 Å². The van der Waals surface area contributed by atoms with Crippen molar-refractivity contribution in [2.75, 3.05) is 26.2 Å². The summed E-state index contributed by atoms with van der Waals surface area (Å²) in [6.07, 6.45) is 9.52. The SMILES string of the molecule is Oc1cc(F)cc(-c2cncc3[nH]c(-c4n[nH]c5ccc(-c6cncc(OCCN7CCCC7)c6)cc45)cc23)c1. The number of phenolic OH excluding ortho intramolecular Hbond substituents is 1. The topological polar surface area (TPSA) is 103 Å². The summed E-state index contributed by atoms with van der Waals surface area (Å²) in [5.41, 5.74) is 6.46. The Morgan fingerprint density at radius 2 is 1.73 bits per heavy atom. The van der Waals surface area contributed by atoms with Gasteiger partial charge in [0.1, 0.15) is 29.6 Å². The molecule has 40 heavy (non-hydrogen) atoms. The second-order valence-corrected chi connectivity index (χ2v) is 10.2. The lowest BCUT2D eigenvalue weighted by Gasteiger charge is -2.15. The summed E-state index contributed by atoms with van der Waals surface area (Å²) in [6.45, 7) is 3.87. The van der Waals surface area contributed by atoms with Crippen molar-refractivity contribution >= 4 is 21.8 Å². The number of phenols is 1. The molecule has 1 saturated heterocycles. The van der Waals surface area contributed by atoms with Gasteiger partial charge in [-0.2, -0.15) is 5.10 Å². The van der Waals surface area contributed by atoms with Crippen LogP contribution >= 0.6 is 0 Å². The summed E-state index contributed by atoms with van der Waals surface area (Å²) in [7, 11) is 0. The van der Waals surface area contributed by atoms with E-state index < -0.39 is 5.82 Å². The second-order valence-electron chi connectivity index (χ2n) is 10.2. The van der Waals surface area contributed by atoms with Crippen molar-refractivity contribution in [1.82, 2.24) is 30.0 Å². The normalized spacial score (nSPS) is 13.9. The molecule has 200 valence electrons. The van der Waals surface area contributed by atoms with Crippen LogP contribution < -0.4 is 4.74 Å². The number of aromatic hydroxyl groups is 1. The van der Waals surface area contributed by atoms with Crippen LogP contribution in [0.1, 0.15) is 12.8 Å². The first-order valence-corrected chi connectivity index (χ1v) is 13.4. The van der Waals surface area contributed by atoms with Gasteiger partial charge in [0.25, 0.3) is 0 Å². The Bertz CT molecular complexity index is 1820. The molecule has 1 fully saturated rings. The lowest BCUT2D eigenvalue weighted by Crippen LogP contribution is -2.25. The predicted octanol–water partition coefficient (Wildman–Crippen LogP) is 6.15. The molecule has 7 rings (SSSR count). The third kappa shape index (κ3) is 4.65. The molecule has 0 saturated carbocycles. The van der Waals surface area contributed by atoms with Gasteiger partial charge in [-0.15, -0.1) is 0 Å². The van der Waals surface area contributed by atoms with Crippen molar-refractivity contribution in [3.05, 3.63) is 79.1 Å². The molecule has 0 amide bonds. The number of aromatic amines is 2. The summed E-state index contributed by atoms with van der Waals surface area (Å²) in [4.78, 5) is 14.6. The van der Waals surface area contributed by atoms with E-state index in [1.54, 1.807) is 18.6 Å². The van der Waals surface area contributed by atoms with E-state index in [0.29, 0.717) is 17.7 Å². The number of hydrogen-bond acceptors (Lipinski definition) is 6. The number of benzene rings is 2. The molecule has 1 aliphatic heterocycles. The highest BCUT2D eigenvalue weighted by Crippen LogP contribution is 2.36. The van der Waals surface area contributed by atoms with Crippen molar-refractivity contribution in [1.29, 1.82) is 0 Å². The number of aromatic nitrogens is 5. The van der Waals surface area contributed by atoms with Gasteiger partial charge in [0.2, 0.25) is 0 Å². The van der Waals surface area contributed by atoms with Crippen molar-refractivity contribution in [2.24, 2.45) is 0 Å². The van der Waals surface area contributed by atoms with Crippen LogP contribution in [0.25, 0.3) is 55.4 Å². The summed E-state index contributed by atoms with van der Waals surface area (Å²) in [6, 6.07) is 14.1. The van der Waals surface area contributed by atoms with Gasteiger partial charge in [0.05, 0.1) is 29.1 Å². The number of nitrogens with zero attached hydrogens (tertiary/aromatic N) is 4. The number of pyridine rings is 2. The number of likely N-dealkylation sites (tertiary alicyclic amines) is 1. The maximum atomic E-state index is 14.0. The molecule has 3 N–H and O–H groups in total. The average Bonchev–Trinajstić information content (AvgIpc) is 3.71. The van der Waals surface area contributed by atoms with Crippen LogP contribution in [0, 0.1) is 5.82 Å². The van der Waals surface area contributed by atoms with Gasteiger partial charge in [-0.1, -0.05) is 6.07 Å². The molecule has 2 aromatic carbocycles. The van der Waals surface area contributed by atoms with Gasteiger partial charge in [-0.25, -0.2) is 4.39 Å². The van der Waals surface area contributed by atoms with Crippen molar-refractivity contribution in [3.63, 3.8) is 0 Å². The Hall–Kier alpha value is -4.76. The zero-order valence-electron chi connectivity index (χ0n) is 21.7. The van der Waals surface area contributed by atoms with Crippen LogP contribution in [0.4, 0.5) is 4.39 Å². The number of hydrogen-bond donors (Lipinski definition) is 3. The van der Waals surface area contributed by atoms with Gasteiger partial charge in [0.15, 0.2) is 0 Å². The van der Waals surface area contributed by atoms with E-state index in [9.17, 15) is 9.50 Å². The Morgan fingerprint density at radius 1 is 0.850 bits per heavy atom. The van der Waals surface area contributed by atoms with E-state index >= 15 is 0 Å². The van der Waals surface area contributed by atoms with Crippen molar-refractivity contribution in [3.8, 4) is 45.1 Å². The highest BCUT2D eigenvalue weighted by atomic mass is 19.1. The van der Waals surface area contributed by atoms with Gasteiger partial charge in [0, 0.05) is 46.9 Å². The molecular formula is C31H27FN6O2. The summed E-state index contributed by atoms with van der Waals surface area (Å²) in [5, 5.41) is 19.5. The van der Waals surface area contributed by atoms with Gasteiger partial charge >= 0.3 is 0 Å². The Balaban J connectivity index is 1.21. The zero-order chi connectivity index (χ0) is 27.1. The lowest BCUT2D eigenvalue weighted by atomic mass is 10.0. The predicted molar refractivity (Wildman–Crippen MR) is 153 cm³/mol. The minimum Gasteiger partial charge on any atom is -0.508 e. The first-order chi connectivity index (χ1) is 19.6. The molecule has 0 aliphatic carbocycles. The van der Waals surface area contributed by atoms with Crippen LogP contribution in [0.3, 0.4) is 0 Å². The molecule has 8 nitrogen and oxygen atoms in total. The molecule has 5 heterocycles. The number of rotatable bonds is 7. The van der Waals surface area contributed by atoms with Crippen molar-refractivity contribution < 1.29 is 14.2 Å². The maximum Gasteiger partial charge on any atom is 0.138 e. The standard InChI is InChI=1S/C31H27FN6O2/c32-22-9-20(10-23(39)13-22)27-17-34-18-30-25(27)14-29(35-30)31-26-12-19(3-4-28(26)36-37-31)21-11-24(16-33-15-21)40-8-7-38-5-1-2-6-38/h3-4,9-18,35,39H,1-2,5-8H2,(H,36,37). The fraction of sp³-hybridized carbons (Fsp3) is 0.194. The van der Waals surface area contributed by atoms with Crippen LogP contribution in [-0.2, 0) is 0 Å². The highest BCUT2D eigenvalue weighted by Gasteiger charge is 2.16. The van der Waals surface area contributed by atoms with Gasteiger partial charge in [-0.3, -0.25) is 20.0 Å². The molecule has 1 aliphatic rings. The van der Waals surface area contributed by atoms with Crippen LogP contribution in [0.2, 0.25) is 0 Å². The largest absolute Gasteiger partial charge is 0.508 e. The number of halogens is 1. The third-order valence-corrected chi connectivity index (χ3v) is 7.48. The molecule has 6 aromatic rings. The highest BCUT2D eigenvalue weighted by molar-refractivity contribution is 6.01. The Labute approximate surface area is 229 Å². The van der Waals surface area contributed by atoms with E-state index in [1.165, 1.54) is 25.0 Å². The summed E-state index contributed by atoms with van der Waals surface area (Å²) >= 11 is 0. The monoisotopic (exact) mass is 534 g/mol.